The minimum absolute atomic E-state index is 0.000418. The van der Waals surface area contributed by atoms with Gasteiger partial charge in [-0.25, -0.2) is 9.59 Å². The quantitative estimate of drug-likeness (QED) is 0.484. The minimum Gasteiger partial charge on any atom is -0.467 e. The van der Waals surface area contributed by atoms with Gasteiger partial charge in [-0.1, -0.05) is 12.2 Å². The molecule has 0 aliphatic carbocycles. The highest BCUT2D eigenvalue weighted by Gasteiger charge is 2.55. The number of β-amino-alcohol motifs (C(OH)–C–C–N with tert-alkyl or cyclic N) is 1. The van der Waals surface area contributed by atoms with Gasteiger partial charge in [-0.15, -0.1) is 11.6 Å². The number of hydrogen-bond donors (Lipinski definition) is 1. The number of likely N-dealkylation sites (tertiary alicyclic amines) is 1. The van der Waals surface area contributed by atoms with Crippen LogP contribution in [-0.4, -0.2) is 58.8 Å². The fourth-order valence-electron chi connectivity index (χ4n) is 2.60. The summed E-state index contributed by atoms with van der Waals surface area (Å²) in [7, 11) is 1.24. The normalized spacial score (nSPS) is 25.0. The Hall–Kier alpha value is -1.27. The number of alkyl halides is 1. The maximum Gasteiger partial charge on any atom is 0.411 e. The van der Waals surface area contributed by atoms with E-state index in [0.717, 1.165) is 0 Å². The molecule has 1 aliphatic heterocycles. The van der Waals surface area contributed by atoms with Crippen LogP contribution in [0.5, 0.6) is 0 Å². The van der Waals surface area contributed by atoms with Crippen molar-refractivity contribution in [1.29, 1.82) is 0 Å². The fraction of sp³-hybridized carbons (Fsp3) is 0.733. The van der Waals surface area contributed by atoms with Crippen molar-refractivity contribution < 1.29 is 24.2 Å². The summed E-state index contributed by atoms with van der Waals surface area (Å²) < 4.78 is 10.2. The van der Waals surface area contributed by atoms with E-state index in [1.165, 1.54) is 12.0 Å². The summed E-state index contributed by atoms with van der Waals surface area (Å²) in [5, 5.41) is 9.99. The number of halogens is 1. The lowest BCUT2D eigenvalue weighted by molar-refractivity contribution is -0.153. The standard InChI is InChI=1S/C15H24ClNO5/c1-10(8-16)6-15(12(19)21-5)7-11(18)9-17(15)13(20)22-14(2,3)4/h11,18H,1,6-9H2,2-5H3/t11?,15-/m1/s1. The zero-order valence-corrected chi connectivity index (χ0v) is 14.3. The molecule has 0 aromatic carbocycles. The molecule has 1 aliphatic rings. The lowest BCUT2D eigenvalue weighted by Gasteiger charge is -2.36. The van der Waals surface area contributed by atoms with Crippen LogP contribution in [0.25, 0.3) is 0 Å². The number of rotatable bonds is 4. The van der Waals surface area contributed by atoms with Gasteiger partial charge in [0.05, 0.1) is 19.8 Å². The third-order valence-corrected chi connectivity index (χ3v) is 3.77. The first kappa shape index (κ1) is 18.8. The Morgan fingerprint density at radius 3 is 2.50 bits per heavy atom. The summed E-state index contributed by atoms with van der Waals surface area (Å²) in [6.07, 6.45) is -1.32. The molecule has 0 saturated carbocycles. The maximum atomic E-state index is 12.4. The average molecular weight is 334 g/mol. The molecule has 0 bridgehead atoms. The molecule has 1 fully saturated rings. The Morgan fingerprint density at radius 2 is 2.05 bits per heavy atom. The van der Waals surface area contributed by atoms with E-state index in [0.29, 0.717) is 5.57 Å². The molecule has 1 saturated heterocycles. The van der Waals surface area contributed by atoms with Crippen LogP contribution in [0, 0.1) is 0 Å². The third kappa shape index (κ3) is 4.14. The van der Waals surface area contributed by atoms with Gasteiger partial charge >= 0.3 is 12.1 Å². The first-order valence-electron chi connectivity index (χ1n) is 7.05. The Labute approximate surface area is 136 Å². The van der Waals surface area contributed by atoms with Crippen LogP contribution >= 0.6 is 11.6 Å². The van der Waals surface area contributed by atoms with E-state index in [1.807, 2.05) is 0 Å². The third-order valence-electron chi connectivity index (χ3n) is 3.39. The predicted octanol–water partition coefficient (Wildman–Crippen LogP) is 2.08. The summed E-state index contributed by atoms with van der Waals surface area (Å²) in [5.41, 5.74) is -1.46. The number of carbonyl (C=O) groups is 2. The van der Waals surface area contributed by atoms with Gasteiger partial charge in [0.1, 0.15) is 11.1 Å². The summed E-state index contributed by atoms with van der Waals surface area (Å²) in [5.74, 6) is -0.460. The largest absolute Gasteiger partial charge is 0.467 e. The number of aliphatic hydroxyl groups excluding tert-OH is 1. The summed E-state index contributed by atoms with van der Waals surface area (Å²) >= 11 is 5.76. The highest BCUT2D eigenvalue weighted by molar-refractivity contribution is 6.19. The topological polar surface area (TPSA) is 76.1 Å². The first-order valence-corrected chi connectivity index (χ1v) is 7.59. The predicted molar refractivity (Wildman–Crippen MR) is 82.8 cm³/mol. The molecule has 6 nitrogen and oxygen atoms in total. The molecular formula is C15H24ClNO5. The van der Waals surface area contributed by atoms with E-state index >= 15 is 0 Å². The number of nitrogens with zero attached hydrogens (tertiary/aromatic N) is 1. The molecule has 0 aromatic heterocycles. The van der Waals surface area contributed by atoms with Crippen molar-refractivity contribution in [3.05, 3.63) is 12.2 Å². The van der Waals surface area contributed by atoms with Crippen molar-refractivity contribution in [3.63, 3.8) is 0 Å². The van der Waals surface area contributed by atoms with Gasteiger partial charge in [-0.2, -0.15) is 0 Å². The van der Waals surface area contributed by atoms with Crippen LogP contribution in [0.2, 0.25) is 0 Å². The smallest absolute Gasteiger partial charge is 0.411 e. The number of esters is 1. The van der Waals surface area contributed by atoms with Gasteiger partial charge in [0, 0.05) is 18.7 Å². The minimum atomic E-state index is -1.33. The Kier molecular flexibility index (Phi) is 5.87. The van der Waals surface area contributed by atoms with Gasteiger partial charge in [-0.3, -0.25) is 4.90 Å². The van der Waals surface area contributed by atoms with Gasteiger partial charge in [0.15, 0.2) is 0 Å². The van der Waals surface area contributed by atoms with Crippen LogP contribution in [0.3, 0.4) is 0 Å². The number of methoxy groups -OCH3 is 1. The Morgan fingerprint density at radius 1 is 1.45 bits per heavy atom. The molecule has 7 heteroatoms. The van der Waals surface area contributed by atoms with Crippen molar-refractivity contribution in [1.82, 2.24) is 4.90 Å². The lowest BCUT2D eigenvalue weighted by Crippen LogP contribution is -2.55. The molecule has 1 N–H and O–H groups in total. The molecule has 2 atom stereocenters. The van der Waals surface area contributed by atoms with E-state index in [1.54, 1.807) is 20.8 Å². The fourth-order valence-corrected chi connectivity index (χ4v) is 2.69. The van der Waals surface area contributed by atoms with E-state index in [9.17, 15) is 14.7 Å². The first-order chi connectivity index (χ1) is 10.1. The monoisotopic (exact) mass is 333 g/mol. The SMILES string of the molecule is C=C(CCl)C[C@]1(C(=O)OC)CC(O)CN1C(=O)OC(C)(C)C. The molecule has 22 heavy (non-hydrogen) atoms. The second-order valence-corrected chi connectivity index (χ2v) is 6.80. The highest BCUT2D eigenvalue weighted by atomic mass is 35.5. The number of hydrogen-bond acceptors (Lipinski definition) is 5. The number of carbonyl (C=O) groups excluding carboxylic acids is 2. The Bertz CT molecular complexity index is 459. The van der Waals surface area contributed by atoms with Gasteiger partial charge in [0.2, 0.25) is 0 Å². The molecule has 1 amide bonds. The van der Waals surface area contributed by atoms with Crippen LogP contribution in [0.1, 0.15) is 33.6 Å². The van der Waals surface area contributed by atoms with Crippen LogP contribution in [0.4, 0.5) is 4.79 Å². The molecule has 1 unspecified atom stereocenters. The number of ether oxygens (including phenoxy) is 2. The van der Waals surface area contributed by atoms with Crippen molar-refractivity contribution in [3.8, 4) is 0 Å². The average Bonchev–Trinajstić information content (AvgIpc) is 2.73. The maximum absolute atomic E-state index is 12.4. The van der Waals surface area contributed by atoms with Crippen molar-refractivity contribution >= 4 is 23.7 Å². The highest BCUT2D eigenvalue weighted by Crippen LogP contribution is 2.37. The Balaban J connectivity index is 3.17. The molecule has 1 heterocycles. The lowest BCUT2D eigenvalue weighted by atomic mass is 9.88. The number of amides is 1. The summed E-state index contributed by atoms with van der Waals surface area (Å²) in [4.78, 5) is 26.0. The summed E-state index contributed by atoms with van der Waals surface area (Å²) in [6, 6.07) is 0. The van der Waals surface area contributed by atoms with Crippen LogP contribution < -0.4 is 0 Å². The zero-order valence-electron chi connectivity index (χ0n) is 13.5. The molecule has 0 radical (unpaired) electrons. The second-order valence-electron chi connectivity index (χ2n) is 6.53. The molecule has 1 rings (SSSR count). The van der Waals surface area contributed by atoms with Crippen molar-refractivity contribution in [2.24, 2.45) is 0 Å². The van der Waals surface area contributed by atoms with E-state index < -0.39 is 29.3 Å². The number of aliphatic hydroxyl groups is 1. The molecule has 126 valence electrons. The van der Waals surface area contributed by atoms with Crippen LogP contribution in [-0.2, 0) is 14.3 Å². The van der Waals surface area contributed by atoms with Crippen molar-refractivity contribution in [2.45, 2.75) is 50.9 Å². The van der Waals surface area contributed by atoms with Crippen molar-refractivity contribution in [2.75, 3.05) is 19.5 Å². The van der Waals surface area contributed by atoms with Gasteiger partial charge in [-0.05, 0) is 20.8 Å². The summed E-state index contributed by atoms with van der Waals surface area (Å²) in [6.45, 7) is 8.98. The van der Waals surface area contributed by atoms with E-state index in [2.05, 4.69) is 6.58 Å². The molecular weight excluding hydrogens is 310 g/mol. The van der Waals surface area contributed by atoms with Gasteiger partial charge in [0.25, 0.3) is 0 Å². The van der Waals surface area contributed by atoms with Gasteiger partial charge < -0.3 is 14.6 Å². The van der Waals surface area contributed by atoms with E-state index in [4.69, 9.17) is 21.1 Å². The molecule has 0 spiro atoms. The zero-order chi connectivity index (χ0) is 17.1. The van der Waals surface area contributed by atoms with Crippen LogP contribution in [0.15, 0.2) is 12.2 Å². The molecule has 0 aromatic rings. The second kappa shape index (κ2) is 6.87. The van der Waals surface area contributed by atoms with E-state index in [-0.39, 0.29) is 25.3 Å².